The molecule has 1 unspecified atom stereocenters. The van der Waals surface area contributed by atoms with E-state index < -0.39 is 22.7 Å². The third kappa shape index (κ3) is 3.90. The van der Waals surface area contributed by atoms with Gasteiger partial charge in [-0.05, 0) is 66.2 Å². The van der Waals surface area contributed by atoms with Crippen molar-refractivity contribution < 1.29 is 19.6 Å². The van der Waals surface area contributed by atoms with Crippen molar-refractivity contribution in [3.8, 4) is 0 Å². The molecule has 3 aromatic carbocycles. The molecule has 0 spiro atoms. The van der Waals surface area contributed by atoms with Gasteiger partial charge in [0, 0.05) is 32.9 Å². The number of hydrogen-bond acceptors (Lipinski definition) is 5. The van der Waals surface area contributed by atoms with E-state index in [4.69, 9.17) is 11.6 Å². The maximum Gasteiger partial charge on any atom is 0.300 e. The second-order valence-corrected chi connectivity index (χ2v) is 8.35. The van der Waals surface area contributed by atoms with Crippen LogP contribution in [-0.4, -0.2) is 21.7 Å². The Balaban J connectivity index is 1.92. The number of nitro benzene ring substituents is 1. The van der Waals surface area contributed by atoms with Gasteiger partial charge in [0.05, 0.1) is 16.5 Å². The highest BCUT2D eigenvalue weighted by Crippen LogP contribution is 2.42. The summed E-state index contributed by atoms with van der Waals surface area (Å²) in [7, 11) is 0. The fourth-order valence-corrected chi connectivity index (χ4v) is 3.95. The molecule has 0 aromatic heterocycles. The van der Waals surface area contributed by atoms with Gasteiger partial charge >= 0.3 is 0 Å². The van der Waals surface area contributed by atoms with E-state index in [0.29, 0.717) is 21.8 Å². The van der Waals surface area contributed by atoms with E-state index in [0.717, 1.165) is 4.47 Å². The molecule has 1 aliphatic rings. The summed E-state index contributed by atoms with van der Waals surface area (Å²) in [6.45, 7) is 0. The molecule has 1 N–H and O–H groups in total. The molecule has 0 saturated carbocycles. The summed E-state index contributed by atoms with van der Waals surface area (Å²) in [5, 5.41) is 22.5. The van der Waals surface area contributed by atoms with E-state index in [9.17, 15) is 24.8 Å². The summed E-state index contributed by atoms with van der Waals surface area (Å²) in [5.74, 6) is -2.03. The molecule has 160 valence electrons. The molecule has 1 heterocycles. The van der Waals surface area contributed by atoms with Crippen molar-refractivity contribution in [3.05, 3.63) is 109 Å². The highest BCUT2D eigenvalue weighted by Gasteiger charge is 2.47. The second kappa shape index (κ2) is 8.57. The van der Waals surface area contributed by atoms with Crippen molar-refractivity contribution in [2.75, 3.05) is 4.90 Å². The van der Waals surface area contributed by atoms with Crippen LogP contribution in [0.25, 0.3) is 5.76 Å². The minimum Gasteiger partial charge on any atom is -0.507 e. The minimum absolute atomic E-state index is 0.117. The standard InChI is InChI=1S/C23H14BrClN2O5/c24-15-5-11-17(12-6-15)26-20(13-3-9-18(10-4-13)27(31)32)19(22(29)23(26)30)21(28)14-1-7-16(25)8-2-14/h1-12,20,28H/b21-19-. The smallest absolute Gasteiger partial charge is 0.300 e. The van der Waals surface area contributed by atoms with Gasteiger partial charge in [-0.2, -0.15) is 0 Å². The molecular weight excluding hydrogens is 500 g/mol. The SMILES string of the molecule is O=C1C(=O)N(c2ccc(Br)cc2)C(c2ccc([N+](=O)[O-])cc2)/C1=C(/O)c1ccc(Cl)cc1. The molecule has 1 aliphatic heterocycles. The number of anilines is 1. The van der Waals surface area contributed by atoms with Gasteiger partial charge in [-0.15, -0.1) is 0 Å². The van der Waals surface area contributed by atoms with Crippen LogP contribution in [0.1, 0.15) is 17.2 Å². The Morgan fingerprint density at radius 2 is 1.56 bits per heavy atom. The summed E-state index contributed by atoms with van der Waals surface area (Å²) in [5.41, 5.74) is 0.943. The molecule has 4 rings (SSSR count). The number of aliphatic hydroxyl groups is 1. The topological polar surface area (TPSA) is 101 Å². The first-order chi connectivity index (χ1) is 15.3. The Labute approximate surface area is 195 Å². The number of halogens is 2. The molecule has 3 aromatic rings. The normalized spacial score (nSPS) is 17.6. The van der Waals surface area contributed by atoms with Crippen LogP contribution >= 0.6 is 27.5 Å². The zero-order valence-corrected chi connectivity index (χ0v) is 18.6. The monoisotopic (exact) mass is 512 g/mol. The van der Waals surface area contributed by atoms with Crippen molar-refractivity contribution in [2.24, 2.45) is 0 Å². The summed E-state index contributed by atoms with van der Waals surface area (Å²) in [6, 6.07) is 17.5. The van der Waals surface area contributed by atoms with Gasteiger partial charge in [-0.25, -0.2) is 0 Å². The number of aliphatic hydroxyl groups excluding tert-OH is 1. The first-order valence-corrected chi connectivity index (χ1v) is 10.5. The number of Topliss-reactive ketones (excluding diaryl/α,β-unsaturated/α-hetero) is 1. The van der Waals surface area contributed by atoms with Crippen molar-refractivity contribution in [1.29, 1.82) is 0 Å². The Hall–Kier alpha value is -3.49. The lowest BCUT2D eigenvalue weighted by atomic mass is 9.95. The summed E-state index contributed by atoms with van der Waals surface area (Å²) < 4.78 is 0.783. The average Bonchev–Trinajstić information content (AvgIpc) is 3.05. The van der Waals surface area contributed by atoms with Crippen molar-refractivity contribution in [2.45, 2.75) is 6.04 Å². The lowest BCUT2D eigenvalue weighted by Gasteiger charge is -2.25. The molecule has 1 saturated heterocycles. The van der Waals surface area contributed by atoms with Gasteiger partial charge in [0.1, 0.15) is 5.76 Å². The minimum atomic E-state index is -0.979. The van der Waals surface area contributed by atoms with Gasteiger partial charge in [0.25, 0.3) is 17.4 Å². The van der Waals surface area contributed by atoms with Crippen LogP contribution in [0.4, 0.5) is 11.4 Å². The predicted octanol–water partition coefficient (Wildman–Crippen LogP) is 5.64. The third-order valence-corrected chi connectivity index (χ3v) is 5.87. The predicted molar refractivity (Wildman–Crippen MR) is 123 cm³/mol. The fourth-order valence-electron chi connectivity index (χ4n) is 3.56. The van der Waals surface area contributed by atoms with Crippen LogP contribution in [0.15, 0.2) is 82.8 Å². The number of amides is 1. The Morgan fingerprint density at radius 3 is 2.12 bits per heavy atom. The molecule has 1 atom stereocenters. The number of hydrogen-bond donors (Lipinski definition) is 1. The van der Waals surface area contributed by atoms with Crippen molar-refractivity contribution in [3.63, 3.8) is 0 Å². The molecule has 0 bridgehead atoms. The van der Waals surface area contributed by atoms with Crippen LogP contribution in [0.2, 0.25) is 5.02 Å². The second-order valence-electron chi connectivity index (χ2n) is 7.00. The maximum atomic E-state index is 13.0. The van der Waals surface area contributed by atoms with E-state index in [1.165, 1.54) is 41.3 Å². The Morgan fingerprint density at radius 1 is 0.969 bits per heavy atom. The molecule has 0 aliphatic carbocycles. The maximum absolute atomic E-state index is 13.0. The highest BCUT2D eigenvalue weighted by molar-refractivity contribution is 9.10. The third-order valence-electron chi connectivity index (χ3n) is 5.09. The zero-order chi connectivity index (χ0) is 23.0. The number of rotatable bonds is 4. The van der Waals surface area contributed by atoms with E-state index >= 15 is 0 Å². The molecule has 0 radical (unpaired) electrons. The lowest BCUT2D eigenvalue weighted by molar-refractivity contribution is -0.384. The number of non-ortho nitro benzene ring substituents is 1. The van der Waals surface area contributed by atoms with Gasteiger partial charge in [0.15, 0.2) is 0 Å². The quantitative estimate of drug-likeness (QED) is 0.160. The van der Waals surface area contributed by atoms with E-state index in [2.05, 4.69) is 15.9 Å². The van der Waals surface area contributed by atoms with Crippen LogP contribution in [0.5, 0.6) is 0 Å². The molecule has 1 fully saturated rings. The first kappa shape index (κ1) is 21.7. The van der Waals surface area contributed by atoms with Gasteiger partial charge < -0.3 is 5.11 Å². The molecule has 7 nitrogen and oxygen atoms in total. The number of nitrogens with zero attached hydrogens (tertiary/aromatic N) is 2. The Bertz CT molecular complexity index is 1260. The number of carbonyl (C=O) groups is 2. The van der Waals surface area contributed by atoms with E-state index in [-0.39, 0.29) is 17.0 Å². The van der Waals surface area contributed by atoms with Crippen LogP contribution in [0.3, 0.4) is 0 Å². The number of nitro groups is 1. The van der Waals surface area contributed by atoms with Crippen molar-refractivity contribution in [1.82, 2.24) is 0 Å². The van der Waals surface area contributed by atoms with Gasteiger partial charge in [-0.1, -0.05) is 27.5 Å². The molecule has 1 amide bonds. The van der Waals surface area contributed by atoms with Crippen LogP contribution in [-0.2, 0) is 9.59 Å². The average molecular weight is 514 g/mol. The molecule has 9 heteroatoms. The number of ketones is 1. The van der Waals surface area contributed by atoms with E-state index in [1.54, 1.807) is 36.4 Å². The van der Waals surface area contributed by atoms with Gasteiger partial charge in [-0.3, -0.25) is 24.6 Å². The zero-order valence-electron chi connectivity index (χ0n) is 16.2. The number of carbonyl (C=O) groups excluding carboxylic acids is 2. The van der Waals surface area contributed by atoms with Crippen LogP contribution < -0.4 is 4.90 Å². The Kier molecular flexibility index (Phi) is 5.82. The highest BCUT2D eigenvalue weighted by atomic mass is 79.9. The van der Waals surface area contributed by atoms with Crippen LogP contribution in [0, 0.1) is 10.1 Å². The molecular formula is C23H14BrClN2O5. The number of benzene rings is 3. The molecule has 32 heavy (non-hydrogen) atoms. The summed E-state index contributed by atoms with van der Waals surface area (Å²) >= 11 is 9.26. The largest absolute Gasteiger partial charge is 0.507 e. The first-order valence-electron chi connectivity index (χ1n) is 9.35. The van der Waals surface area contributed by atoms with E-state index in [1.807, 2.05) is 0 Å². The lowest BCUT2D eigenvalue weighted by Crippen LogP contribution is -2.29. The van der Waals surface area contributed by atoms with Gasteiger partial charge in [0.2, 0.25) is 0 Å². The fraction of sp³-hybridized carbons (Fsp3) is 0.0435. The van der Waals surface area contributed by atoms with Crippen molar-refractivity contribution >= 4 is 56.4 Å². The summed E-state index contributed by atoms with van der Waals surface area (Å²) in [6.07, 6.45) is 0. The summed E-state index contributed by atoms with van der Waals surface area (Å²) in [4.78, 5) is 37.9.